The second-order valence-corrected chi connectivity index (χ2v) is 6.28. The van der Waals surface area contributed by atoms with Gasteiger partial charge in [-0.2, -0.15) is 0 Å². The molecule has 15 heavy (non-hydrogen) atoms. The molecular weight excluding hydrogens is 296 g/mol. The average Bonchev–Trinajstić information content (AvgIpc) is 2.72. The van der Waals surface area contributed by atoms with Crippen molar-refractivity contribution >= 4 is 44.5 Å². The first-order valence-electron chi connectivity index (χ1n) is 4.13. The standard InChI is InChI=1S/C9H7BrN2OS2/c10-7-2-1-6(15-7)5-4-14-9(12-5)3-8(11)13/h1-2,4H,3H2,(H2,11,13). The summed E-state index contributed by atoms with van der Waals surface area (Å²) >= 11 is 6.48. The summed E-state index contributed by atoms with van der Waals surface area (Å²) in [4.78, 5) is 16.1. The predicted octanol–water partition coefficient (Wildman–Crippen LogP) is 2.66. The van der Waals surface area contributed by atoms with E-state index >= 15 is 0 Å². The van der Waals surface area contributed by atoms with Crippen LogP contribution < -0.4 is 5.73 Å². The molecule has 2 rings (SSSR count). The molecule has 2 aromatic rings. The van der Waals surface area contributed by atoms with Crippen molar-refractivity contribution in [3.8, 4) is 10.6 Å². The lowest BCUT2D eigenvalue weighted by Gasteiger charge is -1.89. The van der Waals surface area contributed by atoms with Gasteiger partial charge in [0.05, 0.1) is 20.8 Å². The second kappa shape index (κ2) is 4.42. The first-order valence-corrected chi connectivity index (χ1v) is 6.62. The Labute approximate surface area is 103 Å². The van der Waals surface area contributed by atoms with Gasteiger partial charge in [-0.25, -0.2) is 4.98 Å². The molecule has 78 valence electrons. The van der Waals surface area contributed by atoms with Crippen molar-refractivity contribution in [2.24, 2.45) is 5.73 Å². The van der Waals surface area contributed by atoms with Crippen LogP contribution in [0.1, 0.15) is 5.01 Å². The minimum atomic E-state index is -0.344. The number of thiophene rings is 1. The molecule has 0 fully saturated rings. The van der Waals surface area contributed by atoms with Crippen molar-refractivity contribution < 1.29 is 4.79 Å². The van der Waals surface area contributed by atoms with Gasteiger partial charge in [0.25, 0.3) is 0 Å². The highest BCUT2D eigenvalue weighted by molar-refractivity contribution is 9.11. The number of nitrogens with two attached hydrogens (primary N) is 1. The quantitative estimate of drug-likeness (QED) is 0.947. The number of hydrogen-bond donors (Lipinski definition) is 1. The number of halogens is 1. The second-order valence-electron chi connectivity index (χ2n) is 2.87. The minimum absolute atomic E-state index is 0.219. The van der Waals surface area contributed by atoms with Gasteiger partial charge in [0.15, 0.2) is 0 Å². The third-order valence-corrected chi connectivity index (χ3v) is 4.20. The molecule has 0 saturated carbocycles. The number of carbonyl (C=O) groups excluding carboxylic acids is 1. The summed E-state index contributed by atoms with van der Waals surface area (Å²) in [5.41, 5.74) is 6.01. The molecule has 2 N–H and O–H groups in total. The highest BCUT2D eigenvalue weighted by Crippen LogP contribution is 2.31. The highest BCUT2D eigenvalue weighted by atomic mass is 79.9. The Kier molecular flexibility index (Phi) is 3.18. The summed E-state index contributed by atoms with van der Waals surface area (Å²) < 4.78 is 1.07. The van der Waals surface area contributed by atoms with Crippen molar-refractivity contribution in [3.05, 3.63) is 26.3 Å². The number of rotatable bonds is 3. The van der Waals surface area contributed by atoms with Gasteiger partial charge in [-0.05, 0) is 28.1 Å². The lowest BCUT2D eigenvalue weighted by molar-refractivity contribution is -0.117. The van der Waals surface area contributed by atoms with Crippen LogP contribution in [0.4, 0.5) is 0 Å². The Morgan fingerprint density at radius 1 is 1.53 bits per heavy atom. The van der Waals surface area contributed by atoms with Gasteiger partial charge >= 0.3 is 0 Å². The molecule has 0 aliphatic carbocycles. The molecular formula is C9H7BrN2OS2. The minimum Gasteiger partial charge on any atom is -0.369 e. The van der Waals surface area contributed by atoms with Crippen LogP contribution in [0, 0.1) is 0 Å². The Balaban J connectivity index is 2.23. The van der Waals surface area contributed by atoms with Crippen LogP contribution in [0.25, 0.3) is 10.6 Å². The molecule has 0 saturated heterocycles. The number of primary amides is 1. The molecule has 0 atom stereocenters. The number of aromatic nitrogens is 1. The lowest BCUT2D eigenvalue weighted by Crippen LogP contribution is -2.13. The number of nitrogens with zero attached hydrogens (tertiary/aromatic N) is 1. The summed E-state index contributed by atoms with van der Waals surface area (Å²) in [6.07, 6.45) is 0.219. The maximum atomic E-state index is 10.7. The number of hydrogen-bond acceptors (Lipinski definition) is 4. The lowest BCUT2D eigenvalue weighted by atomic mass is 10.4. The van der Waals surface area contributed by atoms with E-state index in [1.807, 2.05) is 17.5 Å². The first-order chi connectivity index (χ1) is 7.15. The smallest absolute Gasteiger partial charge is 0.224 e. The monoisotopic (exact) mass is 302 g/mol. The SMILES string of the molecule is NC(=O)Cc1nc(-c2ccc(Br)s2)cs1. The van der Waals surface area contributed by atoms with E-state index in [4.69, 9.17) is 5.73 Å². The molecule has 6 heteroatoms. The third kappa shape index (κ3) is 2.64. The van der Waals surface area contributed by atoms with E-state index in [1.54, 1.807) is 11.3 Å². The predicted molar refractivity (Wildman–Crippen MR) is 66.0 cm³/mol. The molecule has 2 aromatic heterocycles. The maximum absolute atomic E-state index is 10.7. The zero-order valence-corrected chi connectivity index (χ0v) is 10.8. The largest absolute Gasteiger partial charge is 0.369 e. The first kappa shape index (κ1) is 10.8. The van der Waals surface area contributed by atoms with Gasteiger partial charge in [0, 0.05) is 5.38 Å². The summed E-state index contributed by atoms with van der Waals surface area (Å²) in [6, 6.07) is 3.98. The van der Waals surface area contributed by atoms with E-state index < -0.39 is 0 Å². The van der Waals surface area contributed by atoms with Gasteiger partial charge < -0.3 is 5.73 Å². The van der Waals surface area contributed by atoms with Crippen LogP contribution >= 0.6 is 38.6 Å². The molecule has 0 spiro atoms. The van der Waals surface area contributed by atoms with Crippen LogP contribution in [0.5, 0.6) is 0 Å². The van der Waals surface area contributed by atoms with Crippen LogP contribution in [0.2, 0.25) is 0 Å². The number of thiazole rings is 1. The summed E-state index contributed by atoms with van der Waals surface area (Å²) in [5.74, 6) is -0.344. The van der Waals surface area contributed by atoms with Crippen molar-refractivity contribution in [2.45, 2.75) is 6.42 Å². The zero-order chi connectivity index (χ0) is 10.8. The van der Waals surface area contributed by atoms with E-state index in [1.165, 1.54) is 11.3 Å². The molecule has 0 unspecified atom stereocenters. The van der Waals surface area contributed by atoms with Crippen LogP contribution in [0.15, 0.2) is 21.3 Å². The highest BCUT2D eigenvalue weighted by Gasteiger charge is 2.08. The van der Waals surface area contributed by atoms with Crippen molar-refractivity contribution in [3.63, 3.8) is 0 Å². The topological polar surface area (TPSA) is 56.0 Å². The summed E-state index contributed by atoms with van der Waals surface area (Å²) in [6.45, 7) is 0. The van der Waals surface area contributed by atoms with Crippen molar-refractivity contribution in [1.82, 2.24) is 4.98 Å². The van der Waals surface area contributed by atoms with Gasteiger partial charge in [0.2, 0.25) is 5.91 Å². The molecule has 0 aliphatic rings. The molecule has 2 heterocycles. The third-order valence-electron chi connectivity index (χ3n) is 1.70. The summed E-state index contributed by atoms with van der Waals surface area (Å²) in [5, 5.41) is 2.71. The zero-order valence-electron chi connectivity index (χ0n) is 7.57. The van der Waals surface area contributed by atoms with E-state index in [0.717, 1.165) is 19.4 Å². The van der Waals surface area contributed by atoms with Crippen LogP contribution in [-0.2, 0) is 11.2 Å². The fourth-order valence-corrected chi connectivity index (χ4v) is 3.33. The summed E-state index contributed by atoms with van der Waals surface area (Å²) in [7, 11) is 0. The van der Waals surface area contributed by atoms with E-state index in [2.05, 4.69) is 20.9 Å². The van der Waals surface area contributed by atoms with Crippen molar-refractivity contribution in [2.75, 3.05) is 0 Å². The van der Waals surface area contributed by atoms with E-state index in [0.29, 0.717) is 0 Å². The average molecular weight is 303 g/mol. The Morgan fingerprint density at radius 2 is 2.33 bits per heavy atom. The van der Waals surface area contributed by atoms with E-state index in [-0.39, 0.29) is 12.3 Å². The molecule has 0 aliphatic heterocycles. The molecule has 0 aromatic carbocycles. The Bertz CT molecular complexity index is 492. The maximum Gasteiger partial charge on any atom is 0.224 e. The fraction of sp³-hybridized carbons (Fsp3) is 0.111. The van der Waals surface area contributed by atoms with Crippen LogP contribution in [-0.4, -0.2) is 10.9 Å². The van der Waals surface area contributed by atoms with Crippen molar-refractivity contribution in [1.29, 1.82) is 0 Å². The molecule has 1 amide bonds. The Hall–Kier alpha value is -0.720. The van der Waals surface area contributed by atoms with E-state index in [9.17, 15) is 4.79 Å². The molecule has 3 nitrogen and oxygen atoms in total. The van der Waals surface area contributed by atoms with Gasteiger partial charge in [-0.1, -0.05) is 0 Å². The Morgan fingerprint density at radius 3 is 2.93 bits per heavy atom. The van der Waals surface area contributed by atoms with Crippen LogP contribution in [0.3, 0.4) is 0 Å². The normalized spacial score (nSPS) is 10.5. The van der Waals surface area contributed by atoms with Gasteiger partial charge in [-0.3, -0.25) is 4.79 Å². The molecule has 0 radical (unpaired) electrons. The van der Waals surface area contributed by atoms with Gasteiger partial charge in [0.1, 0.15) is 5.01 Å². The number of amides is 1. The molecule has 0 bridgehead atoms. The number of carbonyl (C=O) groups is 1. The fourth-order valence-electron chi connectivity index (χ4n) is 1.11. The van der Waals surface area contributed by atoms with Gasteiger partial charge in [-0.15, -0.1) is 22.7 Å².